The average molecular weight is 497 g/mol. The van der Waals surface area contributed by atoms with Gasteiger partial charge in [-0.2, -0.15) is 0 Å². The molecule has 6 nitrogen and oxygen atoms in total. The molecule has 1 heterocycles. The predicted molar refractivity (Wildman–Crippen MR) is 138 cm³/mol. The fourth-order valence-electron chi connectivity index (χ4n) is 4.38. The lowest BCUT2D eigenvalue weighted by Gasteiger charge is -2.24. The van der Waals surface area contributed by atoms with Crippen LogP contribution in [0.1, 0.15) is 44.8 Å². The highest BCUT2D eigenvalue weighted by molar-refractivity contribution is 7.91. The summed E-state index contributed by atoms with van der Waals surface area (Å²) in [5.74, 6) is -0.799. The fourth-order valence-corrected chi connectivity index (χ4v) is 6.01. The van der Waals surface area contributed by atoms with Crippen molar-refractivity contribution in [2.24, 2.45) is 0 Å². The normalized spacial score (nSPS) is 14.8. The summed E-state index contributed by atoms with van der Waals surface area (Å²) < 4.78 is 27.2. The minimum Gasteiger partial charge on any atom is -0.346 e. The van der Waals surface area contributed by atoms with E-state index in [1.165, 1.54) is 35.2 Å². The molecule has 1 unspecified atom stereocenters. The molecule has 0 radical (unpaired) electrons. The monoisotopic (exact) mass is 496 g/mol. The van der Waals surface area contributed by atoms with Crippen molar-refractivity contribution in [3.8, 4) is 0 Å². The molecule has 180 valence electrons. The molecule has 1 N–H and O–H groups in total. The largest absolute Gasteiger partial charge is 0.346 e. The van der Waals surface area contributed by atoms with Crippen molar-refractivity contribution in [3.05, 3.63) is 125 Å². The van der Waals surface area contributed by atoms with Crippen LogP contribution in [0.5, 0.6) is 0 Å². The molecule has 0 saturated heterocycles. The third-order valence-corrected chi connectivity index (χ3v) is 8.14. The standard InChI is InChI=1S/C29H24N2O4S/c1-20(22-12-6-3-7-13-22)30-28(32)23-16-17-27-25(18-23)31(19-21-10-4-2-5-11-21)29(33)24-14-8-9-15-26(24)36(27,34)35/h2-18,20H,19H2,1H3,(H,30,32). The average Bonchev–Trinajstić information content (AvgIpc) is 2.97. The van der Waals surface area contributed by atoms with Crippen LogP contribution in [-0.4, -0.2) is 20.2 Å². The summed E-state index contributed by atoms with van der Waals surface area (Å²) in [6.07, 6.45) is 0. The number of sulfone groups is 1. The van der Waals surface area contributed by atoms with Crippen LogP contribution in [0.4, 0.5) is 5.69 Å². The Balaban J connectivity index is 1.60. The van der Waals surface area contributed by atoms with Gasteiger partial charge in [0.2, 0.25) is 9.84 Å². The van der Waals surface area contributed by atoms with E-state index in [1.54, 1.807) is 12.1 Å². The van der Waals surface area contributed by atoms with E-state index < -0.39 is 15.7 Å². The van der Waals surface area contributed by atoms with Crippen molar-refractivity contribution in [3.63, 3.8) is 0 Å². The Kier molecular flexibility index (Phi) is 6.16. The summed E-state index contributed by atoms with van der Waals surface area (Å²) in [7, 11) is -4.00. The first-order valence-corrected chi connectivity index (χ1v) is 13.0. The van der Waals surface area contributed by atoms with E-state index in [4.69, 9.17) is 0 Å². The number of fused-ring (bicyclic) bond motifs is 2. The van der Waals surface area contributed by atoms with Gasteiger partial charge in [0, 0.05) is 5.56 Å². The van der Waals surface area contributed by atoms with Gasteiger partial charge >= 0.3 is 0 Å². The van der Waals surface area contributed by atoms with Crippen LogP contribution in [-0.2, 0) is 16.4 Å². The first kappa shape index (κ1) is 23.5. The molecule has 1 atom stereocenters. The number of anilines is 1. The quantitative estimate of drug-likeness (QED) is 0.413. The van der Waals surface area contributed by atoms with Crippen LogP contribution >= 0.6 is 0 Å². The van der Waals surface area contributed by atoms with Crippen LogP contribution in [0.25, 0.3) is 0 Å². The molecule has 0 aliphatic carbocycles. The lowest BCUT2D eigenvalue weighted by atomic mass is 10.1. The maximum Gasteiger partial charge on any atom is 0.259 e. The van der Waals surface area contributed by atoms with E-state index >= 15 is 0 Å². The van der Waals surface area contributed by atoms with Gasteiger partial charge in [-0.25, -0.2) is 8.42 Å². The second kappa shape index (κ2) is 9.43. The Labute approximate surface area is 210 Å². The first-order valence-electron chi connectivity index (χ1n) is 11.6. The Bertz CT molecular complexity index is 1550. The van der Waals surface area contributed by atoms with E-state index in [-0.39, 0.29) is 45.1 Å². The second-order valence-corrected chi connectivity index (χ2v) is 10.6. The van der Waals surface area contributed by atoms with Crippen LogP contribution in [0.2, 0.25) is 0 Å². The van der Waals surface area contributed by atoms with E-state index in [0.717, 1.165) is 11.1 Å². The molecule has 0 saturated carbocycles. The first-order chi connectivity index (χ1) is 17.4. The van der Waals surface area contributed by atoms with Crippen molar-refractivity contribution in [2.75, 3.05) is 4.90 Å². The van der Waals surface area contributed by atoms with Crippen LogP contribution in [0, 0.1) is 0 Å². The number of hydrogen-bond acceptors (Lipinski definition) is 4. The van der Waals surface area contributed by atoms with Crippen molar-refractivity contribution < 1.29 is 18.0 Å². The van der Waals surface area contributed by atoms with Gasteiger partial charge in [0.25, 0.3) is 11.8 Å². The predicted octanol–water partition coefficient (Wildman–Crippen LogP) is 5.17. The Morgan fingerprint density at radius 3 is 2.19 bits per heavy atom. The molecular weight excluding hydrogens is 472 g/mol. The topological polar surface area (TPSA) is 83.6 Å². The molecule has 0 spiro atoms. The fraction of sp³-hybridized carbons (Fsp3) is 0.103. The van der Waals surface area contributed by atoms with Crippen LogP contribution in [0.3, 0.4) is 0 Å². The number of hydrogen-bond donors (Lipinski definition) is 1. The number of nitrogens with one attached hydrogen (secondary N) is 1. The summed E-state index contributed by atoms with van der Waals surface area (Å²) in [5, 5.41) is 2.96. The number of carbonyl (C=O) groups excluding carboxylic acids is 2. The zero-order valence-corrected chi connectivity index (χ0v) is 20.4. The van der Waals surface area contributed by atoms with Gasteiger partial charge in [-0.15, -0.1) is 0 Å². The molecule has 7 heteroatoms. The number of nitrogens with zero attached hydrogens (tertiary/aromatic N) is 1. The second-order valence-electron chi connectivity index (χ2n) is 8.66. The van der Waals surface area contributed by atoms with Gasteiger partial charge in [0.1, 0.15) is 0 Å². The maximum atomic E-state index is 13.7. The van der Waals surface area contributed by atoms with E-state index in [9.17, 15) is 18.0 Å². The molecular formula is C29H24N2O4S. The number of amides is 2. The summed E-state index contributed by atoms with van der Waals surface area (Å²) in [6.45, 7) is 2.03. The van der Waals surface area contributed by atoms with Gasteiger partial charge in [-0.05, 0) is 48.4 Å². The Morgan fingerprint density at radius 2 is 1.47 bits per heavy atom. The summed E-state index contributed by atoms with van der Waals surface area (Å²) in [5.41, 5.74) is 2.33. The highest BCUT2D eigenvalue weighted by atomic mass is 32.2. The molecule has 36 heavy (non-hydrogen) atoms. The zero-order chi connectivity index (χ0) is 25.3. The highest BCUT2D eigenvalue weighted by Gasteiger charge is 2.36. The third-order valence-electron chi connectivity index (χ3n) is 6.28. The van der Waals surface area contributed by atoms with Crippen molar-refractivity contribution >= 4 is 27.3 Å². The number of rotatable bonds is 5. The number of carbonyl (C=O) groups is 2. The summed E-state index contributed by atoms with van der Waals surface area (Å²) >= 11 is 0. The summed E-state index contributed by atoms with van der Waals surface area (Å²) in [4.78, 5) is 28.2. The summed E-state index contributed by atoms with van der Waals surface area (Å²) in [6, 6.07) is 29.2. The molecule has 4 aromatic carbocycles. The van der Waals surface area contributed by atoms with E-state index in [0.29, 0.717) is 0 Å². The Morgan fingerprint density at radius 1 is 0.833 bits per heavy atom. The smallest absolute Gasteiger partial charge is 0.259 e. The van der Waals surface area contributed by atoms with Crippen molar-refractivity contribution in [1.82, 2.24) is 5.32 Å². The highest BCUT2D eigenvalue weighted by Crippen LogP contribution is 2.38. The molecule has 2 amide bonds. The molecule has 0 aromatic heterocycles. The van der Waals surface area contributed by atoms with Gasteiger partial charge < -0.3 is 10.2 Å². The van der Waals surface area contributed by atoms with Gasteiger partial charge in [-0.1, -0.05) is 72.8 Å². The molecule has 0 fully saturated rings. The van der Waals surface area contributed by atoms with Crippen LogP contribution in [0.15, 0.2) is 113 Å². The molecule has 0 bridgehead atoms. The van der Waals surface area contributed by atoms with Crippen molar-refractivity contribution in [2.45, 2.75) is 29.3 Å². The Hall–Kier alpha value is -4.23. The zero-order valence-electron chi connectivity index (χ0n) is 19.6. The van der Waals surface area contributed by atoms with E-state index in [2.05, 4.69) is 5.32 Å². The van der Waals surface area contributed by atoms with Crippen LogP contribution < -0.4 is 10.2 Å². The van der Waals surface area contributed by atoms with Gasteiger partial charge in [-0.3, -0.25) is 9.59 Å². The molecule has 5 rings (SSSR count). The van der Waals surface area contributed by atoms with Gasteiger partial charge in [0.05, 0.1) is 33.6 Å². The minimum absolute atomic E-state index is 0.00983. The van der Waals surface area contributed by atoms with E-state index in [1.807, 2.05) is 67.6 Å². The minimum atomic E-state index is -4.00. The molecule has 4 aromatic rings. The molecule has 1 aliphatic rings. The lowest BCUT2D eigenvalue weighted by molar-refractivity contribution is 0.0937. The molecule has 1 aliphatic heterocycles. The van der Waals surface area contributed by atoms with Gasteiger partial charge in [0.15, 0.2) is 0 Å². The third kappa shape index (κ3) is 4.29. The SMILES string of the molecule is CC(NC(=O)c1ccc2c(c1)N(Cc1ccccc1)C(=O)c1ccccc1S2(=O)=O)c1ccccc1. The number of benzene rings is 4. The maximum absolute atomic E-state index is 13.7. The lowest BCUT2D eigenvalue weighted by Crippen LogP contribution is -2.31. The van der Waals surface area contributed by atoms with Crippen molar-refractivity contribution in [1.29, 1.82) is 0 Å².